The van der Waals surface area contributed by atoms with Crippen LogP contribution in [0, 0.1) is 0 Å². The molecule has 0 fully saturated rings. The molecule has 0 bridgehead atoms. The van der Waals surface area contributed by atoms with E-state index in [1.807, 2.05) is 6.92 Å². The number of benzene rings is 1. The minimum absolute atomic E-state index is 0.0265. The third kappa shape index (κ3) is 5.85. The third-order valence-electron chi connectivity index (χ3n) is 2.11. The summed E-state index contributed by atoms with van der Waals surface area (Å²) in [6.07, 6.45) is 0. The van der Waals surface area contributed by atoms with Crippen LogP contribution in [-0.2, 0) is 9.53 Å². The zero-order valence-corrected chi connectivity index (χ0v) is 12.4. The van der Waals surface area contributed by atoms with Crippen molar-refractivity contribution in [3.8, 4) is 0 Å². The molecule has 0 unspecified atom stereocenters. The Hall–Kier alpha value is -1.40. The molecule has 1 aromatic rings. The van der Waals surface area contributed by atoms with Crippen LogP contribution in [0.5, 0.6) is 0 Å². The van der Waals surface area contributed by atoms with Gasteiger partial charge in [0, 0.05) is 18.2 Å². The summed E-state index contributed by atoms with van der Waals surface area (Å²) in [5.74, 6) is 0.0799. The second-order valence-corrected chi connectivity index (χ2v) is 5.23. The Kier molecular flexibility index (Phi) is 6.52. The molecule has 0 atom stereocenters. The highest BCUT2D eigenvalue weighted by Crippen LogP contribution is 2.13. The third-order valence-corrected chi connectivity index (χ3v) is 3.34. The predicted octanol–water partition coefficient (Wildman–Crippen LogP) is 2.88. The fraction of sp³-hybridized carbons (Fsp3) is 0.308. The number of ether oxygens (including phenoxy) is 1. The molecule has 1 amide bonds. The summed E-state index contributed by atoms with van der Waals surface area (Å²) in [5, 5.41) is 2.64. The van der Waals surface area contributed by atoms with E-state index in [2.05, 4.69) is 5.32 Å². The van der Waals surface area contributed by atoms with E-state index in [0.717, 1.165) is 0 Å². The molecule has 0 saturated carbocycles. The van der Waals surface area contributed by atoms with Crippen molar-refractivity contribution in [1.29, 1.82) is 0 Å². The van der Waals surface area contributed by atoms with Crippen molar-refractivity contribution >= 4 is 45.7 Å². The number of carbonyl (C=O) groups is 2. The number of hydrogen-bond acceptors (Lipinski definition) is 5. The average molecular weight is 297 g/mol. The fourth-order valence-corrected chi connectivity index (χ4v) is 2.22. The lowest BCUT2D eigenvalue weighted by Crippen LogP contribution is -2.08. The van der Waals surface area contributed by atoms with Crippen LogP contribution < -0.4 is 5.32 Å². The molecule has 102 valence electrons. The van der Waals surface area contributed by atoms with E-state index in [-0.39, 0.29) is 17.4 Å². The number of hydrogen-bond donors (Lipinski definition) is 1. The Bertz CT molecular complexity index is 471. The highest BCUT2D eigenvalue weighted by atomic mass is 32.2. The molecule has 0 spiro atoms. The summed E-state index contributed by atoms with van der Waals surface area (Å²) < 4.78 is 5.47. The van der Waals surface area contributed by atoms with E-state index in [9.17, 15) is 9.59 Å². The first kappa shape index (κ1) is 15.7. The minimum Gasteiger partial charge on any atom is -0.479 e. The summed E-state index contributed by atoms with van der Waals surface area (Å²) in [5.41, 5.74) is 1.25. The first-order chi connectivity index (χ1) is 9.02. The van der Waals surface area contributed by atoms with Crippen LogP contribution >= 0.6 is 24.0 Å². The molecule has 0 aliphatic heterocycles. The molecule has 0 aromatic heterocycles. The number of rotatable bonds is 5. The Morgan fingerprint density at radius 2 is 1.95 bits per heavy atom. The molecule has 4 nitrogen and oxygen atoms in total. The van der Waals surface area contributed by atoms with Gasteiger partial charge in [-0.1, -0.05) is 11.8 Å². The average Bonchev–Trinajstić information content (AvgIpc) is 2.36. The molecule has 0 aliphatic rings. The van der Waals surface area contributed by atoms with Crippen molar-refractivity contribution in [3.63, 3.8) is 0 Å². The first-order valence-electron chi connectivity index (χ1n) is 5.73. The second kappa shape index (κ2) is 7.91. The molecule has 0 saturated heterocycles. The zero-order chi connectivity index (χ0) is 14.3. The van der Waals surface area contributed by atoms with Gasteiger partial charge in [-0.25, -0.2) is 0 Å². The van der Waals surface area contributed by atoms with Gasteiger partial charge in [0.1, 0.15) is 0 Å². The van der Waals surface area contributed by atoms with Gasteiger partial charge in [0.15, 0.2) is 5.78 Å². The SMILES string of the molecule is CCOC(=S)SCC(=O)c1ccc(NC(C)=O)cc1. The largest absolute Gasteiger partial charge is 0.479 e. The van der Waals surface area contributed by atoms with E-state index >= 15 is 0 Å². The van der Waals surface area contributed by atoms with Crippen LogP contribution in [0.4, 0.5) is 5.69 Å². The van der Waals surface area contributed by atoms with Gasteiger partial charge < -0.3 is 10.1 Å². The molecular weight excluding hydrogens is 282 g/mol. The predicted molar refractivity (Wildman–Crippen MR) is 81.8 cm³/mol. The van der Waals surface area contributed by atoms with E-state index in [4.69, 9.17) is 17.0 Å². The summed E-state index contributed by atoms with van der Waals surface area (Å²) in [7, 11) is 0. The number of nitrogens with one attached hydrogen (secondary N) is 1. The van der Waals surface area contributed by atoms with Crippen molar-refractivity contribution in [2.75, 3.05) is 17.7 Å². The van der Waals surface area contributed by atoms with Crippen LogP contribution in [0.3, 0.4) is 0 Å². The lowest BCUT2D eigenvalue weighted by atomic mass is 10.1. The summed E-state index contributed by atoms with van der Waals surface area (Å²) in [6, 6.07) is 6.75. The van der Waals surface area contributed by atoms with E-state index in [1.54, 1.807) is 24.3 Å². The number of thiocarbonyl (C=S) groups is 1. The van der Waals surface area contributed by atoms with Crippen molar-refractivity contribution in [2.45, 2.75) is 13.8 Å². The molecule has 0 aliphatic carbocycles. The smallest absolute Gasteiger partial charge is 0.221 e. The van der Waals surface area contributed by atoms with Crippen molar-refractivity contribution in [3.05, 3.63) is 29.8 Å². The Labute approximate surface area is 121 Å². The number of anilines is 1. The van der Waals surface area contributed by atoms with Gasteiger partial charge in [0.05, 0.1) is 12.4 Å². The normalized spacial score (nSPS) is 9.79. The van der Waals surface area contributed by atoms with Gasteiger partial charge in [-0.2, -0.15) is 0 Å². The standard InChI is InChI=1S/C13H15NO3S2/c1-3-17-13(18)19-8-12(16)10-4-6-11(7-5-10)14-9(2)15/h4-7H,3,8H2,1-2H3,(H,14,15). The molecule has 1 N–H and O–H groups in total. The quantitative estimate of drug-likeness (QED) is 0.669. The highest BCUT2D eigenvalue weighted by Gasteiger charge is 2.08. The summed E-state index contributed by atoms with van der Waals surface area (Å²) >= 11 is 6.14. The maximum Gasteiger partial charge on any atom is 0.221 e. The topological polar surface area (TPSA) is 55.4 Å². The second-order valence-electron chi connectivity index (χ2n) is 3.65. The van der Waals surface area contributed by atoms with Gasteiger partial charge >= 0.3 is 0 Å². The Morgan fingerprint density at radius 1 is 1.32 bits per heavy atom. The number of amides is 1. The molecule has 1 aromatic carbocycles. The molecule has 6 heteroatoms. The number of carbonyl (C=O) groups excluding carboxylic acids is 2. The van der Waals surface area contributed by atoms with Gasteiger partial charge in [-0.05, 0) is 43.4 Å². The maximum atomic E-state index is 11.9. The first-order valence-corrected chi connectivity index (χ1v) is 7.12. The highest BCUT2D eigenvalue weighted by molar-refractivity contribution is 8.23. The van der Waals surface area contributed by atoms with Crippen LogP contribution in [0.25, 0.3) is 0 Å². The lowest BCUT2D eigenvalue weighted by Gasteiger charge is -2.05. The summed E-state index contributed by atoms with van der Waals surface area (Å²) in [6.45, 7) is 3.78. The van der Waals surface area contributed by atoms with E-state index in [1.165, 1.54) is 18.7 Å². The molecular formula is C13H15NO3S2. The van der Waals surface area contributed by atoms with Crippen molar-refractivity contribution in [2.24, 2.45) is 0 Å². The van der Waals surface area contributed by atoms with Gasteiger partial charge in [0.25, 0.3) is 0 Å². The van der Waals surface area contributed by atoms with Crippen LogP contribution in [0.15, 0.2) is 24.3 Å². The molecule has 0 radical (unpaired) electrons. The van der Waals surface area contributed by atoms with Crippen LogP contribution in [-0.4, -0.2) is 28.4 Å². The summed E-state index contributed by atoms with van der Waals surface area (Å²) in [4.78, 5) is 22.7. The number of Topliss-reactive ketones (excluding diaryl/α,β-unsaturated/α-hetero) is 1. The zero-order valence-electron chi connectivity index (χ0n) is 10.8. The van der Waals surface area contributed by atoms with E-state index < -0.39 is 0 Å². The van der Waals surface area contributed by atoms with Crippen LogP contribution in [0.1, 0.15) is 24.2 Å². The molecule has 1 rings (SSSR count). The Balaban J connectivity index is 2.53. The lowest BCUT2D eigenvalue weighted by molar-refractivity contribution is -0.114. The van der Waals surface area contributed by atoms with Crippen molar-refractivity contribution in [1.82, 2.24) is 0 Å². The van der Waals surface area contributed by atoms with Crippen molar-refractivity contribution < 1.29 is 14.3 Å². The maximum absolute atomic E-state index is 11.9. The van der Waals surface area contributed by atoms with Crippen LogP contribution in [0.2, 0.25) is 0 Å². The minimum atomic E-state index is -0.142. The monoisotopic (exact) mass is 297 g/mol. The molecule has 0 heterocycles. The van der Waals surface area contributed by atoms with Gasteiger partial charge in [-0.3, -0.25) is 9.59 Å². The van der Waals surface area contributed by atoms with E-state index in [0.29, 0.717) is 22.2 Å². The van der Waals surface area contributed by atoms with Gasteiger partial charge in [0.2, 0.25) is 10.3 Å². The number of ketones is 1. The molecule has 19 heavy (non-hydrogen) atoms. The number of thioether (sulfide) groups is 1. The Morgan fingerprint density at radius 3 is 2.47 bits per heavy atom. The fourth-order valence-electron chi connectivity index (χ4n) is 1.31. The van der Waals surface area contributed by atoms with Gasteiger partial charge in [-0.15, -0.1) is 0 Å².